The SMILES string of the molecule is C.C.CC(C)(C)N=O.CN(C)C. The van der Waals surface area contributed by atoms with E-state index in [1.54, 1.807) is 20.8 Å². The lowest BCUT2D eigenvalue weighted by molar-refractivity contribution is 0.505. The summed E-state index contributed by atoms with van der Waals surface area (Å²) >= 11 is 0. The molecule has 3 heteroatoms. The van der Waals surface area contributed by atoms with Gasteiger partial charge in [-0.15, -0.1) is 0 Å². The summed E-state index contributed by atoms with van der Waals surface area (Å²) in [7, 11) is 6.00. The molecule has 0 radical (unpaired) electrons. The van der Waals surface area contributed by atoms with Crippen LogP contribution in [0.5, 0.6) is 0 Å². The molecular weight excluding hydrogens is 152 g/mol. The molecule has 0 saturated carbocycles. The van der Waals surface area contributed by atoms with Crippen LogP contribution in [0.1, 0.15) is 35.6 Å². The Morgan fingerprint density at radius 1 is 1.00 bits per heavy atom. The van der Waals surface area contributed by atoms with Crippen molar-refractivity contribution in [2.24, 2.45) is 5.18 Å². The van der Waals surface area contributed by atoms with Crippen molar-refractivity contribution in [1.29, 1.82) is 0 Å². The molecule has 0 spiro atoms. The number of nitrogens with zero attached hydrogens (tertiary/aromatic N) is 2. The van der Waals surface area contributed by atoms with E-state index in [-0.39, 0.29) is 20.4 Å². The van der Waals surface area contributed by atoms with E-state index >= 15 is 0 Å². The molecule has 0 aliphatic rings. The average Bonchev–Trinajstić information content (AvgIpc) is 1.63. The van der Waals surface area contributed by atoms with E-state index in [2.05, 4.69) is 5.18 Å². The van der Waals surface area contributed by atoms with Crippen LogP contribution in [0.15, 0.2) is 5.18 Å². The third-order valence-electron chi connectivity index (χ3n) is 0.274. The molecule has 0 aliphatic heterocycles. The fourth-order valence-electron chi connectivity index (χ4n) is 0. The van der Waals surface area contributed by atoms with Crippen molar-refractivity contribution in [2.45, 2.75) is 41.2 Å². The van der Waals surface area contributed by atoms with Crippen LogP contribution in [0.25, 0.3) is 0 Å². The van der Waals surface area contributed by atoms with Gasteiger partial charge in [-0.05, 0) is 41.9 Å². The summed E-state index contributed by atoms with van der Waals surface area (Å²) < 4.78 is 0. The van der Waals surface area contributed by atoms with Crippen LogP contribution < -0.4 is 0 Å². The summed E-state index contributed by atoms with van der Waals surface area (Å²) in [6.45, 7) is 5.29. The molecule has 0 aromatic heterocycles. The van der Waals surface area contributed by atoms with Gasteiger partial charge in [0.1, 0.15) is 0 Å². The second kappa shape index (κ2) is 10.6. The minimum atomic E-state index is -0.389. The lowest BCUT2D eigenvalue weighted by Crippen LogP contribution is -2.06. The lowest BCUT2D eigenvalue weighted by Gasteiger charge is -2.01. The van der Waals surface area contributed by atoms with Crippen LogP contribution in [0.3, 0.4) is 0 Å². The zero-order valence-corrected chi connectivity index (χ0v) is 7.80. The predicted molar refractivity (Wildman–Crippen MR) is 58.6 cm³/mol. The molecule has 0 aliphatic carbocycles. The van der Waals surface area contributed by atoms with Gasteiger partial charge in [0.15, 0.2) is 0 Å². The molecule has 0 amide bonds. The van der Waals surface area contributed by atoms with Crippen LogP contribution in [0.2, 0.25) is 0 Å². The molecule has 0 N–H and O–H groups in total. The van der Waals surface area contributed by atoms with Crippen LogP contribution >= 0.6 is 0 Å². The van der Waals surface area contributed by atoms with Gasteiger partial charge in [-0.2, -0.15) is 4.91 Å². The van der Waals surface area contributed by atoms with E-state index in [1.165, 1.54) is 0 Å². The number of hydrogen-bond donors (Lipinski definition) is 0. The van der Waals surface area contributed by atoms with E-state index in [0.29, 0.717) is 0 Å². The Labute approximate surface area is 78.1 Å². The van der Waals surface area contributed by atoms with Gasteiger partial charge < -0.3 is 4.90 Å². The van der Waals surface area contributed by atoms with Crippen molar-refractivity contribution in [1.82, 2.24) is 4.90 Å². The fraction of sp³-hybridized carbons (Fsp3) is 1.00. The van der Waals surface area contributed by atoms with Crippen molar-refractivity contribution in [3.8, 4) is 0 Å². The molecular formula is C9H26N2O. The maximum atomic E-state index is 9.58. The Bertz CT molecular complexity index is 82.3. The lowest BCUT2D eigenvalue weighted by atomic mass is 10.1. The molecule has 3 nitrogen and oxygen atoms in total. The monoisotopic (exact) mass is 178 g/mol. The van der Waals surface area contributed by atoms with Gasteiger partial charge in [-0.25, -0.2) is 0 Å². The van der Waals surface area contributed by atoms with Crippen molar-refractivity contribution < 1.29 is 0 Å². The molecule has 78 valence electrons. The highest BCUT2D eigenvalue weighted by molar-refractivity contribution is 4.66. The second-order valence-electron chi connectivity index (χ2n) is 3.60. The highest BCUT2D eigenvalue weighted by Crippen LogP contribution is 2.02. The van der Waals surface area contributed by atoms with Crippen LogP contribution in [-0.4, -0.2) is 31.6 Å². The summed E-state index contributed by atoms with van der Waals surface area (Å²) in [6.07, 6.45) is 0. The molecule has 0 saturated heterocycles. The van der Waals surface area contributed by atoms with Gasteiger partial charge in [0.25, 0.3) is 0 Å². The molecule has 0 rings (SSSR count). The smallest absolute Gasteiger partial charge is 0.0942 e. The molecule has 0 atom stereocenters. The highest BCUT2D eigenvalue weighted by atomic mass is 16.3. The largest absolute Gasteiger partial charge is 0.312 e. The van der Waals surface area contributed by atoms with Crippen LogP contribution in [0.4, 0.5) is 0 Å². The third-order valence-corrected chi connectivity index (χ3v) is 0.274. The summed E-state index contributed by atoms with van der Waals surface area (Å²) in [4.78, 5) is 11.6. The molecule has 0 aromatic rings. The molecule has 0 bridgehead atoms. The second-order valence-corrected chi connectivity index (χ2v) is 3.60. The summed E-state index contributed by atoms with van der Waals surface area (Å²) in [5.41, 5.74) is -0.389. The third kappa shape index (κ3) is 107. The molecule has 0 heterocycles. The van der Waals surface area contributed by atoms with Gasteiger partial charge in [0.05, 0.1) is 5.54 Å². The summed E-state index contributed by atoms with van der Waals surface area (Å²) in [5.74, 6) is 0. The minimum Gasteiger partial charge on any atom is -0.312 e. The van der Waals surface area contributed by atoms with Crippen molar-refractivity contribution in [3.63, 3.8) is 0 Å². The number of rotatable bonds is 0. The van der Waals surface area contributed by atoms with Crippen molar-refractivity contribution in [3.05, 3.63) is 4.91 Å². The Balaban J connectivity index is -0.0000000483. The van der Waals surface area contributed by atoms with Gasteiger partial charge >= 0.3 is 0 Å². The quantitative estimate of drug-likeness (QED) is 0.534. The highest BCUT2D eigenvalue weighted by Gasteiger charge is 2.06. The van der Waals surface area contributed by atoms with E-state index < -0.39 is 0 Å². The van der Waals surface area contributed by atoms with E-state index in [9.17, 15) is 4.91 Å². The molecule has 0 fully saturated rings. The van der Waals surface area contributed by atoms with Gasteiger partial charge in [0.2, 0.25) is 0 Å². The Morgan fingerprint density at radius 2 is 1.08 bits per heavy atom. The molecule has 0 unspecified atom stereocenters. The first-order valence-corrected chi connectivity index (χ1v) is 3.25. The maximum Gasteiger partial charge on any atom is 0.0942 e. The summed E-state index contributed by atoms with van der Waals surface area (Å²) in [5, 5.41) is 2.77. The van der Waals surface area contributed by atoms with Crippen LogP contribution in [-0.2, 0) is 0 Å². The van der Waals surface area contributed by atoms with Gasteiger partial charge in [-0.1, -0.05) is 20.0 Å². The maximum absolute atomic E-state index is 9.58. The number of hydrogen-bond acceptors (Lipinski definition) is 3. The zero-order chi connectivity index (χ0) is 8.78. The van der Waals surface area contributed by atoms with Gasteiger partial charge in [-0.3, -0.25) is 0 Å². The molecule has 12 heavy (non-hydrogen) atoms. The van der Waals surface area contributed by atoms with Crippen molar-refractivity contribution in [2.75, 3.05) is 21.1 Å². The normalized spacial score (nSPS) is 8.58. The average molecular weight is 178 g/mol. The van der Waals surface area contributed by atoms with Gasteiger partial charge in [0, 0.05) is 0 Å². The first kappa shape index (κ1) is 22.6. The minimum absolute atomic E-state index is 0. The summed E-state index contributed by atoms with van der Waals surface area (Å²) in [6, 6.07) is 0. The Morgan fingerprint density at radius 3 is 1.08 bits per heavy atom. The topological polar surface area (TPSA) is 32.7 Å². The van der Waals surface area contributed by atoms with Crippen molar-refractivity contribution >= 4 is 0 Å². The first-order valence-electron chi connectivity index (χ1n) is 3.25. The van der Waals surface area contributed by atoms with E-state index in [1.807, 2.05) is 26.0 Å². The van der Waals surface area contributed by atoms with E-state index in [4.69, 9.17) is 0 Å². The Hall–Kier alpha value is -0.440. The zero-order valence-electron chi connectivity index (χ0n) is 7.80. The van der Waals surface area contributed by atoms with E-state index in [0.717, 1.165) is 0 Å². The van der Waals surface area contributed by atoms with Crippen LogP contribution in [0, 0.1) is 4.91 Å². The standard InChI is InChI=1S/C4H9NO.C3H9N.2CH4/c1-4(2,3)5-6;1-4(2)3;;/h1-3H3;1-3H3;2*1H4. The fourth-order valence-corrected chi connectivity index (χ4v) is 0. The number of nitroso groups, excluding NO2 is 1. The Kier molecular flexibility index (Phi) is 19.8. The predicted octanol–water partition coefficient (Wildman–Crippen LogP) is 3.00. The molecule has 0 aromatic carbocycles. The first-order chi connectivity index (χ1) is 4.29.